The summed E-state index contributed by atoms with van der Waals surface area (Å²) < 4.78 is 1.62. The highest BCUT2D eigenvalue weighted by Crippen LogP contribution is 2.28. The lowest BCUT2D eigenvalue weighted by Gasteiger charge is -2.20. The SMILES string of the molecule is O=C(/C=C/c1cn([C@H]2C[C@H](C(=O)O)N(Cc3ccccc3)C2)nn1)NO. The molecule has 1 amide bonds. The van der Waals surface area contributed by atoms with Crippen molar-refractivity contribution in [1.29, 1.82) is 0 Å². The Morgan fingerprint density at radius 3 is 2.77 bits per heavy atom. The van der Waals surface area contributed by atoms with E-state index >= 15 is 0 Å². The largest absolute Gasteiger partial charge is 0.480 e. The van der Waals surface area contributed by atoms with Crippen molar-refractivity contribution in [2.45, 2.75) is 25.0 Å². The maximum Gasteiger partial charge on any atom is 0.321 e. The van der Waals surface area contributed by atoms with Gasteiger partial charge >= 0.3 is 5.97 Å². The number of carboxylic acids is 1. The van der Waals surface area contributed by atoms with Gasteiger partial charge in [0.25, 0.3) is 5.91 Å². The highest BCUT2D eigenvalue weighted by molar-refractivity contribution is 5.90. The molecule has 1 aromatic heterocycles. The maximum atomic E-state index is 11.6. The van der Waals surface area contributed by atoms with Gasteiger partial charge in [-0.15, -0.1) is 5.10 Å². The number of aromatic nitrogens is 3. The molecule has 9 heteroatoms. The van der Waals surface area contributed by atoms with E-state index in [9.17, 15) is 14.7 Å². The predicted molar refractivity (Wildman–Crippen MR) is 90.9 cm³/mol. The Morgan fingerprint density at radius 1 is 1.31 bits per heavy atom. The number of rotatable bonds is 6. The third-order valence-electron chi connectivity index (χ3n) is 4.31. The molecule has 1 aliphatic rings. The fourth-order valence-electron chi connectivity index (χ4n) is 3.06. The molecule has 0 aliphatic carbocycles. The summed E-state index contributed by atoms with van der Waals surface area (Å²) in [7, 11) is 0. The molecular formula is C17H19N5O4. The molecule has 26 heavy (non-hydrogen) atoms. The summed E-state index contributed by atoms with van der Waals surface area (Å²) in [6.45, 7) is 1.09. The van der Waals surface area contributed by atoms with Gasteiger partial charge in [0, 0.05) is 19.2 Å². The van der Waals surface area contributed by atoms with Crippen LogP contribution in [0.4, 0.5) is 0 Å². The molecule has 2 aromatic rings. The molecule has 1 aromatic carbocycles. The normalized spacial score (nSPS) is 20.5. The molecule has 1 fully saturated rings. The second-order valence-corrected chi connectivity index (χ2v) is 6.09. The van der Waals surface area contributed by atoms with E-state index in [1.165, 1.54) is 11.6 Å². The molecule has 1 saturated heterocycles. The van der Waals surface area contributed by atoms with Gasteiger partial charge in [-0.25, -0.2) is 10.2 Å². The Labute approximate surface area is 149 Å². The lowest BCUT2D eigenvalue weighted by atomic mass is 10.1. The minimum atomic E-state index is -0.858. The maximum absolute atomic E-state index is 11.6. The predicted octanol–water partition coefficient (Wildman–Crippen LogP) is 0.697. The fourth-order valence-corrected chi connectivity index (χ4v) is 3.06. The van der Waals surface area contributed by atoms with Crippen LogP contribution in [0.15, 0.2) is 42.6 Å². The summed E-state index contributed by atoms with van der Waals surface area (Å²) in [6.07, 6.45) is 4.62. The first-order valence-electron chi connectivity index (χ1n) is 8.11. The standard InChI is InChI=1S/C17H19N5O4/c23-16(19-26)7-6-13-10-22(20-18-13)14-8-15(17(24)25)21(11-14)9-12-4-2-1-3-5-12/h1-7,10,14-15,26H,8-9,11H2,(H,19,23)(H,24,25)/b7-6+/t14-,15+/m0/s1. The third kappa shape index (κ3) is 4.13. The fraction of sp³-hybridized carbons (Fsp3) is 0.294. The molecule has 136 valence electrons. The number of benzene rings is 1. The molecule has 3 rings (SSSR count). The van der Waals surface area contributed by atoms with E-state index < -0.39 is 17.9 Å². The van der Waals surface area contributed by atoms with Crippen LogP contribution >= 0.6 is 0 Å². The molecule has 2 atom stereocenters. The van der Waals surface area contributed by atoms with Crippen molar-refractivity contribution in [2.24, 2.45) is 0 Å². The molecule has 0 bridgehead atoms. The Balaban J connectivity index is 1.71. The van der Waals surface area contributed by atoms with Gasteiger partial charge in [0.15, 0.2) is 0 Å². The Kier molecular flexibility index (Phi) is 5.40. The lowest BCUT2D eigenvalue weighted by Crippen LogP contribution is -2.35. The number of amides is 1. The van der Waals surface area contributed by atoms with E-state index in [1.807, 2.05) is 35.2 Å². The van der Waals surface area contributed by atoms with Crippen LogP contribution in [0.5, 0.6) is 0 Å². The van der Waals surface area contributed by atoms with Crippen LogP contribution in [0.25, 0.3) is 6.08 Å². The second-order valence-electron chi connectivity index (χ2n) is 6.09. The van der Waals surface area contributed by atoms with Crippen LogP contribution in [0, 0.1) is 0 Å². The van der Waals surface area contributed by atoms with Gasteiger partial charge in [0.1, 0.15) is 11.7 Å². The van der Waals surface area contributed by atoms with E-state index in [2.05, 4.69) is 10.3 Å². The summed E-state index contributed by atoms with van der Waals surface area (Å²) in [6, 6.07) is 9.00. The van der Waals surface area contributed by atoms with Crippen LogP contribution < -0.4 is 5.48 Å². The van der Waals surface area contributed by atoms with Gasteiger partial charge in [-0.2, -0.15) is 0 Å². The number of hydroxylamine groups is 1. The van der Waals surface area contributed by atoms with Crippen molar-refractivity contribution in [3.05, 3.63) is 53.9 Å². The van der Waals surface area contributed by atoms with Crippen molar-refractivity contribution in [3.63, 3.8) is 0 Å². The number of hydrogen-bond donors (Lipinski definition) is 3. The number of carbonyl (C=O) groups is 2. The van der Waals surface area contributed by atoms with Crippen molar-refractivity contribution in [2.75, 3.05) is 6.54 Å². The van der Waals surface area contributed by atoms with Crippen molar-refractivity contribution >= 4 is 18.0 Å². The van der Waals surface area contributed by atoms with E-state index in [0.717, 1.165) is 11.6 Å². The van der Waals surface area contributed by atoms with Gasteiger partial charge in [-0.05, 0) is 18.1 Å². The van der Waals surface area contributed by atoms with Crippen LogP contribution in [-0.2, 0) is 16.1 Å². The first kappa shape index (κ1) is 17.8. The molecule has 0 spiro atoms. The van der Waals surface area contributed by atoms with Gasteiger partial charge in [-0.1, -0.05) is 35.5 Å². The lowest BCUT2D eigenvalue weighted by molar-refractivity contribution is -0.142. The third-order valence-corrected chi connectivity index (χ3v) is 4.31. The zero-order valence-electron chi connectivity index (χ0n) is 13.9. The van der Waals surface area contributed by atoms with Gasteiger partial charge in [0.2, 0.25) is 0 Å². The number of aliphatic carboxylic acids is 1. The van der Waals surface area contributed by atoms with Gasteiger partial charge < -0.3 is 5.11 Å². The number of carbonyl (C=O) groups excluding carboxylic acids is 1. The zero-order valence-corrected chi connectivity index (χ0v) is 13.9. The second kappa shape index (κ2) is 7.89. The molecular weight excluding hydrogens is 338 g/mol. The average molecular weight is 357 g/mol. The highest BCUT2D eigenvalue weighted by Gasteiger charge is 2.38. The number of carboxylic acid groups (broad SMARTS) is 1. The van der Waals surface area contributed by atoms with Crippen molar-refractivity contribution in [3.8, 4) is 0 Å². The Hall–Kier alpha value is -3.04. The summed E-state index contributed by atoms with van der Waals surface area (Å²) in [5.41, 5.74) is 2.99. The summed E-state index contributed by atoms with van der Waals surface area (Å²) in [5.74, 6) is -1.52. The quantitative estimate of drug-likeness (QED) is 0.395. The van der Waals surface area contributed by atoms with Gasteiger partial charge in [0.05, 0.1) is 12.2 Å². The van der Waals surface area contributed by atoms with Crippen LogP contribution in [0.2, 0.25) is 0 Å². The minimum Gasteiger partial charge on any atom is -0.480 e. The molecule has 1 aliphatic heterocycles. The number of likely N-dealkylation sites (tertiary alicyclic amines) is 1. The Bertz CT molecular complexity index is 804. The van der Waals surface area contributed by atoms with Crippen LogP contribution in [0.3, 0.4) is 0 Å². The first-order valence-corrected chi connectivity index (χ1v) is 8.11. The Morgan fingerprint density at radius 2 is 2.08 bits per heavy atom. The van der Waals surface area contributed by atoms with Gasteiger partial charge in [-0.3, -0.25) is 19.7 Å². The average Bonchev–Trinajstić information content (AvgIpc) is 3.27. The zero-order chi connectivity index (χ0) is 18.5. The summed E-state index contributed by atoms with van der Waals surface area (Å²) >= 11 is 0. The number of nitrogens with one attached hydrogen (secondary N) is 1. The topological polar surface area (TPSA) is 121 Å². The number of nitrogens with zero attached hydrogens (tertiary/aromatic N) is 4. The van der Waals surface area contributed by atoms with Crippen LogP contribution in [-0.4, -0.2) is 54.7 Å². The highest BCUT2D eigenvalue weighted by atomic mass is 16.5. The molecule has 0 unspecified atom stereocenters. The van der Waals surface area contributed by atoms with Crippen LogP contribution in [0.1, 0.15) is 23.7 Å². The summed E-state index contributed by atoms with van der Waals surface area (Å²) in [5, 5.41) is 26.0. The molecule has 3 N–H and O–H groups in total. The van der Waals surface area contributed by atoms with E-state index in [-0.39, 0.29) is 6.04 Å². The molecule has 9 nitrogen and oxygen atoms in total. The van der Waals surface area contributed by atoms with Crippen molar-refractivity contribution < 1.29 is 19.9 Å². The first-order chi connectivity index (χ1) is 12.6. The monoisotopic (exact) mass is 357 g/mol. The van der Waals surface area contributed by atoms with Crippen molar-refractivity contribution in [1.82, 2.24) is 25.4 Å². The number of hydrogen-bond acceptors (Lipinski definition) is 6. The summed E-state index contributed by atoms with van der Waals surface area (Å²) in [4.78, 5) is 24.6. The minimum absolute atomic E-state index is 0.124. The molecule has 0 saturated carbocycles. The van der Waals surface area contributed by atoms with E-state index in [1.54, 1.807) is 10.9 Å². The molecule has 0 radical (unpaired) electrons. The smallest absolute Gasteiger partial charge is 0.321 e. The molecule has 2 heterocycles. The van der Waals surface area contributed by atoms with E-state index in [4.69, 9.17) is 5.21 Å². The van der Waals surface area contributed by atoms with E-state index in [0.29, 0.717) is 25.2 Å².